The summed E-state index contributed by atoms with van der Waals surface area (Å²) in [4.78, 5) is 0. The topological polar surface area (TPSA) is 9.23 Å². The minimum absolute atomic E-state index is 0.419. The molecule has 0 aromatic heterocycles. The maximum atomic E-state index is 13.5. The molecular weight excluding hydrogens is 303 g/mol. The Kier molecular flexibility index (Phi) is 4.80. The predicted octanol–water partition coefficient (Wildman–Crippen LogP) is 4.65. The summed E-state index contributed by atoms with van der Waals surface area (Å²) in [6.45, 7) is 0. The molecule has 0 aliphatic rings. The first-order valence-corrected chi connectivity index (χ1v) is 6.26. The van der Waals surface area contributed by atoms with Gasteiger partial charge in [-0.05, 0) is 24.1 Å². The molecular formula is C16H11F5O. The van der Waals surface area contributed by atoms with Crippen molar-refractivity contribution in [1.82, 2.24) is 0 Å². The second-order valence-electron chi connectivity index (χ2n) is 4.43. The largest absolute Gasteiger partial charge is 0.497 e. The fraction of sp³-hybridized carbons (Fsp3) is 0.125. The third-order valence-electron chi connectivity index (χ3n) is 3.05. The molecule has 2 aromatic carbocycles. The number of halogens is 5. The van der Waals surface area contributed by atoms with Crippen LogP contribution in [0.25, 0.3) is 6.08 Å². The first-order chi connectivity index (χ1) is 10.5. The molecule has 2 aromatic rings. The summed E-state index contributed by atoms with van der Waals surface area (Å²) in [7, 11) is 1.51. The standard InChI is InChI=1S/C16H11F5O/c1-22-10-7-5-9(6-8-10)3-2-4-11-12(17)14(19)16(21)15(20)13(11)18/h2-3,5-8H,4H2,1H3/b3-2+. The van der Waals surface area contributed by atoms with Gasteiger partial charge in [-0.1, -0.05) is 24.3 Å². The second-order valence-corrected chi connectivity index (χ2v) is 4.43. The summed E-state index contributed by atoms with van der Waals surface area (Å²) in [5, 5.41) is 0. The van der Waals surface area contributed by atoms with Crippen LogP contribution in [-0.2, 0) is 6.42 Å². The van der Waals surface area contributed by atoms with E-state index in [4.69, 9.17) is 4.74 Å². The summed E-state index contributed by atoms with van der Waals surface area (Å²) >= 11 is 0. The molecule has 0 spiro atoms. The van der Waals surface area contributed by atoms with Gasteiger partial charge in [0, 0.05) is 5.56 Å². The lowest BCUT2D eigenvalue weighted by Gasteiger charge is -2.06. The molecule has 0 fully saturated rings. The van der Waals surface area contributed by atoms with Gasteiger partial charge in [0.05, 0.1) is 7.11 Å². The van der Waals surface area contributed by atoms with Crippen LogP contribution in [0.5, 0.6) is 5.75 Å². The van der Waals surface area contributed by atoms with Crippen molar-refractivity contribution < 1.29 is 26.7 Å². The van der Waals surface area contributed by atoms with E-state index in [0.717, 1.165) is 0 Å². The number of hydrogen-bond acceptors (Lipinski definition) is 1. The third kappa shape index (κ3) is 3.10. The van der Waals surface area contributed by atoms with Gasteiger partial charge >= 0.3 is 0 Å². The van der Waals surface area contributed by atoms with Gasteiger partial charge < -0.3 is 4.74 Å². The lowest BCUT2D eigenvalue weighted by molar-refractivity contribution is 0.371. The maximum Gasteiger partial charge on any atom is 0.200 e. The van der Waals surface area contributed by atoms with Crippen molar-refractivity contribution in [2.75, 3.05) is 7.11 Å². The zero-order chi connectivity index (χ0) is 16.3. The van der Waals surface area contributed by atoms with Crippen molar-refractivity contribution in [2.24, 2.45) is 0 Å². The van der Waals surface area contributed by atoms with E-state index in [9.17, 15) is 22.0 Å². The molecule has 0 aliphatic heterocycles. The number of rotatable bonds is 4. The van der Waals surface area contributed by atoms with Crippen LogP contribution in [0.3, 0.4) is 0 Å². The molecule has 0 heterocycles. The van der Waals surface area contributed by atoms with E-state index in [2.05, 4.69) is 0 Å². The Morgan fingerprint density at radius 2 is 1.32 bits per heavy atom. The molecule has 0 bridgehead atoms. The van der Waals surface area contributed by atoms with E-state index in [-0.39, 0.29) is 0 Å². The van der Waals surface area contributed by atoms with Crippen molar-refractivity contribution in [3.05, 3.63) is 70.6 Å². The van der Waals surface area contributed by atoms with Gasteiger partial charge in [0.2, 0.25) is 5.82 Å². The van der Waals surface area contributed by atoms with Crippen molar-refractivity contribution in [1.29, 1.82) is 0 Å². The smallest absolute Gasteiger partial charge is 0.200 e. The molecule has 0 atom stereocenters. The van der Waals surface area contributed by atoms with Crippen LogP contribution in [0, 0.1) is 29.1 Å². The molecule has 6 heteroatoms. The molecule has 22 heavy (non-hydrogen) atoms. The Hall–Kier alpha value is -2.37. The van der Waals surface area contributed by atoms with Crippen LogP contribution in [-0.4, -0.2) is 7.11 Å². The number of benzene rings is 2. The van der Waals surface area contributed by atoms with E-state index in [1.807, 2.05) is 0 Å². The van der Waals surface area contributed by atoms with Crippen LogP contribution in [0.4, 0.5) is 22.0 Å². The summed E-state index contributed by atoms with van der Waals surface area (Å²) in [5.74, 6) is -9.01. The highest BCUT2D eigenvalue weighted by Crippen LogP contribution is 2.23. The van der Waals surface area contributed by atoms with E-state index in [1.165, 1.54) is 19.3 Å². The van der Waals surface area contributed by atoms with E-state index in [1.54, 1.807) is 24.3 Å². The molecule has 1 nitrogen and oxygen atoms in total. The maximum absolute atomic E-state index is 13.5. The van der Waals surface area contributed by atoms with Gasteiger partial charge in [0.25, 0.3) is 0 Å². The molecule has 116 valence electrons. The number of allylic oxidation sites excluding steroid dienone is 1. The Morgan fingerprint density at radius 3 is 1.82 bits per heavy atom. The fourth-order valence-electron chi connectivity index (χ4n) is 1.86. The Balaban J connectivity index is 2.22. The van der Waals surface area contributed by atoms with Gasteiger partial charge in [-0.2, -0.15) is 0 Å². The average molecular weight is 314 g/mol. The van der Waals surface area contributed by atoms with Gasteiger partial charge in [-0.15, -0.1) is 0 Å². The van der Waals surface area contributed by atoms with Crippen LogP contribution in [0.15, 0.2) is 30.3 Å². The van der Waals surface area contributed by atoms with Crippen molar-refractivity contribution >= 4 is 6.08 Å². The Labute approximate surface area is 123 Å². The lowest BCUT2D eigenvalue weighted by atomic mass is 10.1. The van der Waals surface area contributed by atoms with Gasteiger partial charge in [-0.3, -0.25) is 0 Å². The molecule has 2 rings (SSSR count). The molecule has 0 unspecified atom stereocenters. The van der Waals surface area contributed by atoms with Crippen molar-refractivity contribution in [2.45, 2.75) is 6.42 Å². The van der Waals surface area contributed by atoms with Gasteiger partial charge in [0.1, 0.15) is 5.75 Å². The summed E-state index contributed by atoms with van der Waals surface area (Å²) in [6, 6.07) is 6.73. The van der Waals surface area contributed by atoms with E-state index >= 15 is 0 Å². The van der Waals surface area contributed by atoms with Gasteiger partial charge in [0.15, 0.2) is 23.3 Å². The highest BCUT2D eigenvalue weighted by atomic mass is 19.2. The summed E-state index contributed by atoms with van der Waals surface area (Å²) in [6.07, 6.45) is 2.41. The minimum atomic E-state index is -2.15. The number of ether oxygens (including phenoxy) is 1. The Bertz CT molecular complexity index is 678. The normalized spacial score (nSPS) is 11.2. The third-order valence-corrected chi connectivity index (χ3v) is 3.05. The molecule has 0 N–H and O–H groups in total. The van der Waals surface area contributed by atoms with Crippen LogP contribution >= 0.6 is 0 Å². The molecule has 0 saturated heterocycles. The van der Waals surface area contributed by atoms with Crippen molar-refractivity contribution in [3.63, 3.8) is 0 Å². The first kappa shape index (κ1) is 16.0. The van der Waals surface area contributed by atoms with Crippen molar-refractivity contribution in [3.8, 4) is 5.75 Å². The number of methoxy groups -OCH3 is 1. The second kappa shape index (κ2) is 6.60. The SMILES string of the molecule is COc1ccc(/C=C/Cc2c(F)c(F)c(F)c(F)c2F)cc1. The van der Waals surface area contributed by atoms with Crippen LogP contribution in [0.2, 0.25) is 0 Å². The number of hydrogen-bond donors (Lipinski definition) is 0. The molecule has 0 aliphatic carbocycles. The van der Waals surface area contributed by atoms with Gasteiger partial charge in [-0.25, -0.2) is 22.0 Å². The molecule has 0 saturated carbocycles. The average Bonchev–Trinajstić information content (AvgIpc) is 2.55. The van der Waals surface area contributed by atoms with Crippen LogP contribution < -0.4 is 4.74 Å². The Morgan fingerprint density at radius 1 is 0.818 bits per heavy atom. The molecule has 0 radical (unpaired) electrons. The zero-order valence-corrected chi connectivity index (χ0v) is 11.5. The summed E-state index contributed by atoms with van der Waals surface area (Å²) < 4.78 is 70.9. The monoisotopic (exact) mass is 314 g/mol. The fourth-order valence-corrected chi connectivity index (χ4v) is 1.86. The first-order valence-electron chi connectivity index (χ1n) is 6.26. The van der Waals surface area contributed by atoms with E-state index in [0.29, 0.717) is 11.3 Å². The molecule has 0 amide bonds. The van der Waals surface area contributed by atoms with E-state index < -0.39 is 41.1 Å². The predicted molar refractivity (Wildman–Crippen MR) is 72.0 cm³/mol. The van der Waals surface area contributed by atoms with Crippen LogP contribution in [0.1, 0.15) is 11.1 Å². The minimum Gasteiger partial charge on any atom is -0.497 e. The summed E-state index contributed by atoms with van der Waals surface area (Å²) in [5.41, 5.74) is -0.161. The quantitative estimate of drug-likeness (QED) is 0.453. The lowest BCUT2D eigenvalue weighted by Crippen LogP contribution is -2.06. The highest BCUT2D eigenvalue weighted by Gasteiger charge is 2.24. The highest BCUT2D eigenvalue weighted by molar-refractivity contribution is 5.51. The zero-order valence-electron chi connectivity index (χ0n) is 11.5.